The summed E-state index contributed by atoms with van der Waals surface area (Å²) in [4.78, 5) is 8.13. The number of aryl methyl sites for hydroxylation is 2. The summed E-state index contributed by atoms with van der Waals surface area (Å²) >= 11 is 0. The Morgan fingerprint density at radius 1 is 1.11 bits per heavy atom. The van der Waals surface area contributed by atoms with Crippen molar-refractivity contribution < 1.29 is 8.42 Å². The molecular formula is C19H18N6O2S. The summed E-state index contributed by atoms with van der Waals surface area (Å²) in [6.07, 6.45) is 6.71. The zero-order valence-corrected chi connectivity index (χ0v) is 16.1. The van der Waals surface area contributed by atoms with E-state index in [-0.39, 0.29) is 5.03 Å². The Balaban J connectivity index is 1.67. The molecule has 9 heteroatoms. The van der Waals surface area contributed by atoms with E-state index in [2.05, 4.69) is 24.9 Å². The monoisotopic (exact) mass is 394 g/mol. The van der Waals surface area contributed by atoms with Gasteiger partial charge in [0.2, 0.25) is 0 Å². The second-order valence-electron chi connectivity index (χ2n) is 6.31. The third kappa shape index (κ3) is 3.39. The molecule has 28 heavy (non-hydrogen) atoms. The molecule has 4 aromatic rings. The molecule has 0 amide bonds. The number of H-pyrrole nitrogens is 1. The number of benzene rings is 1. The summed E-state index contributed by atoms with van der Waals surface area (Å²) < 4.78 is 29.5. The highest BCUT2D eigenvalue weighted by Gasteiger charge is 2.19. The number of hydrogen-bond donors (Lipinski definition) is 2. The molecule has 0 spiro atoms. The van der Waals surface area contributed by atoms with E-state index in [4.69, 9.17) is 0 Å². The standard InChI is InChI=1S/C19H18N6O2S/c1-13-22-18(12-25(13)2)28(26,27)24-16-5-3-4-15(10-16)19-17(11-21-23-19)14-6-8-20-9-7-14/h3-12,24H,1-2H3,(H,21,23). The second-order valence-corrected chi connectivity index (χ2v) is 7.94. The maximum absolute atomic E-state index is 12.6. The van der Waals surface area contributed by atoms with Crippen LogP contribution in [-0.2, 0) is 17.1 Å². The summed E-state index contributed by atoms with van der Waals surface area (Å²) in [5.41, 5.74) is 3.81. The fourth-order valence-electron chi connectivity index (χ4n) is 2.85. The van der Waals surface area contributed by atoms with E-state index in [9.17, 15) is 8.42 Å². The van der Waals surface area contributed by atoms with Crippen molar-refractivity contribution in [3.05, 3.63) is 67.0 Å². The average molecular weight is 394 g/mol. The van der Waals surface area contributed by atoms with Crippen LogP contribution in [0.5, 0.6) is 0 Å². The zero-order valence-electron chi connectivity index (χ0n) is 15.3. The summed E-state index contributed by atoms with van der Waals surface area (Å²) in [6, 6.07) is 10.9. The smallest absolute Gasteiger partial charge is 0.280 e. The molecule has 0 radical (unpaired) electrons. The molecule has 8 nitrogen and oxygen atoms in total. The number of nitrogens with one attached hydrogen (secondary N) is 2. The number of imidazole rings is 1. The molecule has 3 heterocycles. The number of rotatable bonds is 5. The molecule has 0 saturated carbocycles. The first-order chi connectivity index (χ1) is 13.4. The third-order valence-corrected chi connectivity index (χ3v) is 5.63. The van der Waals surface area contributed by atoms with Gasteiger partial charge in [-0.3, -0.25) is 14.8 Å². The van der Waals surface area contributed by atoms with E-state index in [0.29, 0.717) is 11.5 Å². The number of aromatic amines is 1. The lowest BCUT2D eigenvalue weighted by atomic mass is 10.0. The van der Waals surface area contributed by atoms with Gasteiger partial charge in [-0.1, -0.05) is 12.1 Å². The summed E-state index contributed by atoms with van der Waals surface area (Å²) in [6.45, 7) is 1.75. The molecular weight excluding hydrogens is 376 g/mol. The summed E-state index contributed by atoms with van der Waals surface area (Å²) in [7, 11) is -2.03. The van der Waals surface area contributed by atoms with Crippen LogP contribution in [0.4, 0.5) is 5.69 Å². The Morgan fingerprint density at radius 3 is 2.61 bits per heavy atom. The Bertz CT molecular complexity index is 1210. The minimum atomic E-state index is -3.78. The lowest BCUT2D eigenvalue weighted by molar-refractivity contribution is 0.598. The van der Waals surface area contributed by atoms with Crippen molar-refractivity contribution in [3.63, 3.8) is 0 Å². The molecule has 4 rings (SSSR count). The van der Waals surface area contributed by atoms with Crippen molar-refractivity contribution in [2.24, 2.45) is 7.05 Å². The number of hydrogen-bond acceptors (Lipinski definition) is 5. The minimum Gasteiger partial charge on any atom is -0.337 e. The van der Waals surface area contributed by atoms with Gasteiger partial charge in [-0.25, -0.2) is 4.98 Å². The highest BCUT2D eigenvalue weighted by molar-refractivity contribution is 7.92. The van der Waals surface area contributed by atoms with Gasteiger partial charge < -0.3 is 4.57 Å². The van der Waals surface area contributed by atoms with Gasteiger partial charge in [-0.15, -0.1) is 0 Å². The van der Waals surface area contributed by atoms with Crippen molar-refractivity contribution >= 4 is 15.7 Å². The molecule has 0 aliphatic heterocycles. The van der Waals surface area contributed by atoms with Gasteiger partial charge in [0.25, 0.3) is 10.0 Å². The van der Waals surface area contributed by atoms with Gasteiger partial charge in [-0.2, -0.15) is 13.5 Å². The Labute approximate surface area is 162 Å². The van der Waals surface area contributed by atoms with E-state index < -0.39 is 10.0 Å². The molecule has 0 unspecified atom stereocenters. The summed E-state index contributed by atoms with van der Waals surface area (Å²) in [5, 5.41) is 7.19. The predicted octanol–water partition coefficient (Wildman–Crippen LogP) is 2.98. The first-order valence-corrected chi connectivity index (χ1v) is 10.00. The topological polar surface area (TPSA) is 106 Å². The van der Waals surface area contributed by atoms with Gasteiger partial charge in [0.1, 0.15) is 5.82 Å². The van der Waals surface area contributed by atoms with Crippen LogP contribution in [0, 0.1) is 6.92 Å². The van der Waals surface area contributed by atoms with E-state index in [1.165, 1.54) is 6.20 Å². The highest BCUT2D eigenvalue weighted by atomic mass is 32.2. The SMILES string of the molecule is Cc1nc(S(=O)(=O)Nc2cccc(-c3n[nH]cc3-c3ccncc3)c2)cn1C. The van der Waals surface area contributed by atoms with Gasteiger partial charge in [-0.05, 0) is 36.8 Å². The van der Waals surface area contributed by atoms with Gasteiger partial charge in [0, 0.05) is 48.6 Å². The van der Waals surface area contributed by atoms with Crippen LogP contribution >= 0.6 is 0 Å². The Kier molecular flexibility index (Phi) is 4.44. The number of anilines is 1. The summed E-state index contributed by atoms with van der Waals surface area (Å²) in [5.74, 6) is 0.618. The van der Waals surface area contributed by atoms with E-state index in [1.54, 1.807) is 55.3 Å². The molecule has 0 saturated heterocycles. The number of pyridine rings is 1. The van der Waals surface area contributed by atoms with Crippen LogP contribution in [0.1, 0.15) is 5.82 Å². The molecule has 2 N–H and O–H groups in total. The Hall–Kier alpha value is -3.46. The van der Waals surface area contributed by atoms with Crippen LogP contribution in [-0.4, -0.2) is 33.2 Å². The molecule has 1 aromatic carbocycles. The Morgan fingerprint density at radius 2 is 1.89 bits per heavy atom. The lowest BCUT2D eigenvalue weighted by Gasteiger charge is -2.08. The first kappa shape index (κ1) is 17.9. The fraction of sp³-hybridized carbons (Fsp3) is 0.105. The predicted molar refractivity (Wildman–Crippen MR) is 106 cm³/mol. The fourth-order valence-corrected chi connectivity index (χ4v) is 3.95. The van der Waals surface area contributed by atoms with E-state index >= 15 is 0 Å². The third-order valence-electron chi connectivity index (χ3n) is 4.38. The van der Waals surface area contributed by atoms with Gasteiger partial charge in [0.15, 0.2) is 5.03 Å². The second kappa shape index (κ2) is 6.93. The van der Waals surface area contributed by atoms with Crippen molar-refractivity contribution in [3.8, 4) is 22.4 Å². The zero-order chi connectivity index (χ0) is 19.7. The molecule has 0 aliphatic rings. The van der Waals surface area contributed by atoms with Crippen LogP contribution < -0.4 is 4.72 Å². The largest absolute Gasteiger partial charge is 0.337 e. The van der Waals surface area contributed by atoms with Crippen molar-refractivity contribution in [1.29, 1.82) is 0 Å². The minimum absolute atomic E-state index is 0.0184. The molecule has 0 atom stereocenters. The van der Waals surface area contributed by atoms with Crippen LogP contribution in [0.15, 0.2) is 66.2 Å². The molecule has 0 fully saturated rings. The van der Waals surface area contributed by atoms with Crippen molar-refractivity contribution in [1.82, 2.24) is 24.7 Å². The van der Waals surface area contributed by atoms with Crippen LogP contribution in [0.2, 0.25) is 0 Å². The van der Waals surface area contributed by atoms with E-state index in [1.807, 2.05) is 18.2 Å². The van der Waals surface area contributed by atoms with Crippen LogP contribution in [0.3, 0.4) is 0 Å². The maximum Gasteiger partial charge on any atom is 0.280 e. The van der Waals surface area contributed by atoms with E-state index in [0.717, 1.165) is 22.4 Å². The number of sulfonamides is 1. The number of aromatic nitrogens is 5. The molecule has 3 aromatic heterocycles. The quantitative estimate of drug-likeness (QED) is 0.541. The maximum atomic E-state index is 12.6. The van der Waals surface area contributed by atoms with Gasteiger partial charge >= 0.3 is 0 Å². The average Bonchev–Trinajstić information content (AvgIpc) is 3.30. The normalized spacial score (nSPS) is 11.5. The molecule has 0 aliphatic carbocycles. The lowest BCUT2D eigenvalue weighted by Crippen LogP contribution is -2.13. The van der Waals surface area contributed by atoms with Crippen molar-refractivity contribution in [2.75, 3.05) is 4.72 Å². The van der Waals surface area contributed by atoms with Crippen molar-refractivity contribution in [2.45, 2.75) is 11.9 Å². The first-order valence-electron chi connectivity index (χ1n) is 8.51. The van der Waals surface area contributed by atoms with Crippen LogP contribution in [0.25, 0.3) is 22.4 Å². The molecule has 142 valence electrons. The van der Waals surface area contributed by atoms with Gasteiger partial charge in [0.05, 0.1) is 5.69 Å². The number of nitrogens with zero attached hydrogens (tertiary/aromatic N) is 4. The highest BCUT2D eigenvalue weighted by Crippen LogP contribution is 2.31. The molecule has 0 bridgehead atoms.